The molecule has 6 nitrogen and oxygen atoms in total. The highest BCUT2D eigenvalue weighted by Crippen LogP contribution is 2.20. The summed E-state index contributed by atoms with van der Waals surface area (Å²) in [5.41, 5.74) is 0.164. The van der Waals surface area contributed by atoms with Crippen molar-refractivity contribution in [1.82, 2.24) is 9.13 Å². The van der Waals surface area contributed by atoms with Crippen LogP contribution in [0.5, 0.6) is 5.88 Å². The molecule has 0 aliphatic carbocycles. The van der Waals surface area contributed by atoms with E-state index in [2.05, 4.69) is 22.0 Å². The van der Waals surface area contributed by atoms with Crippen LogP contribution in [-0.2, 0) is 13.6 Å². The number of rotatable bonds is 3. The third-order valence-corrected chi connectivity index (χ3v) is 3.78. The van der Waals surface area contributed by atoms with E-state index in [4.69, 9.17) is 10.00 Å². The van der Waals surface area contributed by atoms with Crippen molar-refractivity contribution >= 4 is 15.9 Å². The van der Waals surface area contributed by atoms with Crippen molar-refractivity contribution in [2.45, 2.75) is 6.54 Å². The maximum absolute atomic E-state index is 12.3. The molecule has 2 aromatic rings. The van der Waals surface area contributed by atoms with Gasteiger partial charge >= 0.3 is 5.69 Å². The van der Waals surface area contributed by atoms with Crippen LogP contribution in [0.15, 0.2) is 38.3 Å². The average Bonchev–Trinajstić information content (AvgIpc) is 2.51. The summed E-state index contributed by atoms with van der Waals surface area (Å²) < 4.78 is 7.62. The van der Waals surface area contributed by atoms with E-state index in [0.717, 1.165) is 4.57 Å². The SMILES string of the molecule is COc1c(Br)c(=O)n(C)c(=O)n1Cc1ccccc1C#N. The maximum Gasteiger partial charge on any atom is 0.333 e. The molecule has 0 aliphatic heterocycles. The van der Waals surface area contributed by atoms with Crippen LogP contribution in [0, 0.1) is 11.3 Å². The van der Waals surface area contributed by atoms with E-state index in [9.17, 15) is 9.59 Å². The molecule has 1 aromatic carbocycles. The highest BCUT2D eigenvalue weighted by molar-refractivity contribution is 9.10. The molecule has 0 atom stereocenters. The molecule has 0 fully saturated rings. The number of hydrogen-bond acceptors (Lipinski definition) is 4. The summed E-state index contributed by atoms with van der Waals surface area (Å²) in [5, 5.41) is 9.11. The molecule has 108 valence electrons. The minimum absolute atomic E-state index is 0.135. The van der Waals surface area contributed by atoms with Gasteiger partial charge in [-0.15, -0.1) is 0 Å². The van der Waals surface area contributed by atoms with Gasteiger partial charge in [-0.3, -0.25) is 13.9 Å². The summed E-state index contributed by atoms with van der Waals surface area (Å²) in [4.78, 5) is 24.1. The zero-order valence-electron chi connectivity index (χ0n) is 11.5. The number of benzene rings is 1. The fourth-order valence-electron chi connectivity index (χ4n) is 1.99. The van der Waals surface area contributed by atoms with Crippen molar-refractivity contribution in [3.05, 3.63) is 60.7 Å². The standard InChI is InChI=1S/C14H12BrN3O3/c1-17-12(19)11(15)13(21-2)18(14(17)20)8-10-6-4-3-5-9(10)7-16/h3-6H,8H2,1-2H3. The summed E-state index contributed by atoms with van der Waals surface area (Å²) in [5.74, 6) is 0.135. The van der Waals surface area contributed by atoms with E-state index in [1.807, 2.05) is 0 Å². The molecular formula is C14H12BrN3O3. The lowest BCUT2D eigenvalue weighted by Crippen LogP contribution is -2.39. The van der Waals surface area contributed by atoms with Crippen molar-refractivity contribution in [3.8, 4) is 11.9 Å². The van der Waals surface area contributed by atoms with Gasteiger partial charge in [-0.05, 0) is 27.6 Å². The monoisotopic (exact) mass is 349 g/mol. The number of halogens is 1. The molecule has 1 aromatic heterocycles. The van der Waals surface area contributed by atoms with Crippen LogP contribution in [0.1, 0.15) is 11.1 Å². The molecule has 0 N–H and O–H groups in total. The summed E-state index contributed by atoms with van der Waals surface area (Å²) in [6, 6.07) is 9.03. The number of nitrogens with zero attached hydrogens (tertiary/aromatic N) is 3. The Morgan fingerprint density at radius 2 is 2.00 bits per heavy atom. The highest BCUT2D eigenvalue weighted by Gasteiger charge is 2.17. The van der Waals surface area contributed by atoms with Gasteiger partial charge in [-0.2, -0.15) is 5.26 Å². The third kappa shape index (κ3) is 2.62. The van der Waals surface area contributed by atoms with Crippen LogP contribution >= 0.6 is 15.9 Å². The molecule has 0 saturated heterocycles. The van der Waals surface area contributed by atoms with E-state index in [1.54, 1.807) is 24.3 Å². The zero-order valence-corrected chi connectivity index (χ0v) is 13.0. The van der Waals surface area contributed by atoms with E-state index in [1.165, 1.54) is 18.7 Å². The summed E-state index contributed by atoms with van der Waals surface area (Å²) in [7, 11) is 2.77. The van der Waals surface area contributed by atoms with Gasteiger partial charge in [0.05, 0.1) is 25.3 Å². The lowest BCUT2D eigenvalue weighted by atomic mass is 10.1. The van der Waals surface area contributed by atoms with E-state index >= 15 is 0 Å². The fourth-order valence-corrected chi connectivity index (χ4v) is 2.63. The molecule has 0 bridgehead atoms. The van der Waals surface area contributed by atoms with Gasteiger partial charge in [-0.1, -0.05) is 18.2 Å². The normalized spacial score (nSPS) is 10.2. The van der Waals surface area contributed by atoms with Crippen LogP contribution in [-0.4, -0.2) is 16.2 Å². The Bertz CT molecular complexity index is 846. The van der Waals surface area contributed by atoms with Gasteiger partial charge in [-0.25, -0.2) is 4.79 Å². The largest absolute Gasteiger partial charge is 0.481 e. The molecule has 2 rings (SSSR count). The summed E-state index contributed by atoms with van der Waals surface area (Å²) in [6.07, 6.45) is 0. The average molecular weight is 350 g/mol. The topological polar surface area (TPSA) is 77.0 Å². The van der Waals surface area contributed by atoms with E-state index in [-0.39, 0.29) is 16.9 Å². The molecule has 7 heteroatoms. The van der Waals surface area contributed by atoms with Gasteiger partial charge in [0.2, 0.25) is 5.88 Å². The lowest BCUT2D eigenvalue weighted by Gasteiger charge is -2.14. The van der Waals surface area contributed by atoms with Gasteiger partial charge in [0.25, 0.3) is 5.56 Å². The van der Waals surface area contributed by atoms with Crippen LogP contribution in [0.3, 0.4) is 0 Å². The Labute approximate surface area is 129 Å². The predicted octanol–water partition coefficient (Wildman–Crippen LogP) is 1.24. The first-order valence-electron chi connectivity index (χ1n) is 6.02. The zero-order chi connectivity index (χ0) is 15.6. The first-order chi connectivity index (χ1) is 10.0. The second-order valence-electron chi connectivity index (χ2n) is 4.33. The van der Waals surface area contributed by atoms with Crippen molar-refractivity contribution in [2.24, 2.45) is 7.05 Å². The number of ether oxygens (including phenoxy) is 1. The van der Waals surface area contributed by atoms with Crippen LogP contribution in [0.25, 0.3) is 0 Å². The van der Waals surface area contributed by atoms with Crippen molar-refractivity contribution in [2.75, 3.05) is 7.11 Å². The summed E-state index contributed by atoms with van der Waals surface area (Å²) >= 11 is 3.14. The Hall–Kier alpha value is -2.33. The number of hydrogen-bond donors (Lipinski definition) is 0. The second-order valence-corrected chi connectivity index (χ2v) is 5.12. The second kappa shape index (κ2) is 5.97. The first kappa shape index (κ1) is 15.1. The van der Waals surface area contributed by atoms with Gasteiger partial charge in [0.1, 0.15) is 4.47 Å². The molecule has 21 heavy (non-hydrogen) atoms. The lowest BCUT2D eigenvalue weighted by molar-refractivity contribution is 0.358. The Morgan fingerprint density at radius 1 is 1.33 bits per heavy atom. The smallest absolute Gasteiger partial charge is 0.333 e. The molecule has 0 aliphatic rings. The fraction of sp³-hybridized carbons (Fsp3) is 0.214. The summed E-state index contributed by atoms with van der Waals surface area (Å²) in [6.45, 7) is 0.137. The Morgan fingerprint density at radius 3 is 2.62 bits per heavy atom. The van der Waals surface area contributed by atoms with Crippen LogP contribution < -0.4 is 16.0 Å². The first-order valence-corrected chi connectivity index (χ1v) is 6.81. The molecule has 0 unspecified atom stereocenters. The van der Waals surface area contributed by atoms with E-state index < -0.39 is 11.2 Å². The van der Waals surface area contributed by atoms with Crippen molar-refractivity contribution in [3.63, 3.8) is 0 Å². The molecule has 1 heterocycles. The Balaban J connectivity index is 2.68. The highest BCUT2D eigenvalue weighted by atomic mass is 79.9. The number of nitriles is 1. The molecule has 0 saturated carbocycles. The Kier molecular flexibility index (Phi) is 4.29. The quantitative estimate of drug-likeness (QED) is 0.835. The molecule has 0 spiro atoms. The van der Waals surface area contributed by atoms with Gasteiger partial charge in [0, 0.05) is 7.05 Å². The number of methoxy groups -OCH3 is 1. The maximum atomic E-state index is 12.3. The number of aromatic nitrogens is 2. The van der Waals surface area contributed by atoms with E-state index in [0.29, 0.717) is 11.1 Å². The van der Waals surface area contributed by atoms with Crippen LogP contribution in [0.2, 0.25) is 0 Å². The third-order valence-electron chi connectivity index (χ3n) is 3.10. The van der Waals surface area contributed by atoms with Gasteiger partial charge in [0.15, 0.2) is 0 Å². The molecule has 0 radical (unpaired) electrons. The molecule has 0 amide bonds. The van der Waals surface area contributed by atoms with Crippen molar-refractivity contribution < 1.29 is 4.74 Å². The minimum Gasteiger partial charge on any atom is -0.481 e. The van der Waals surface area contributed by atoms with Crippen molar-refractivity contribution in [1.29, 1.82) is 5.26 Å². The minimum atomic E-state index is -0.507. The van der Waals surface area contributed by atoms with Crippen LogP contribution in [0.4, 0.5) is 0 Å². The van der Waals surface area contributed by atoms with Gasteiger partial charge < -0.3 is 4.74 Å². The molecular weight excluding hydrogens is 338 g/mol. The predicted molar refractivity (Wildman–Crippen MR) is 80.5 cm³/mol.